The van der Waals surface area contributed by atoms with Gasteiger partial charge >= 0.3 is 11.9 Å². The summed E-state index contributed by atoms with van der Waals surface area (Å²) in [6.45, 7) is 12.1. The summed E-state index contributed by atoms with van der Waals surface area (Å²) in [6.07, 6.45) is 5.27. The standard InChI is InChI=1S/C34H32N4O4/c1-8-22-19(4)27-14-25-17(2)11-20(35-25)13-21-12-18(3)26(36-21)15-29-24-10-9-23(32(39)41-6)31(33(40)42-7)34(24,5)30(38-29)16-28(22)37-27/h8-16,31,35-36H,1H2,2-7H3. The summed E-state index contributed by atoms with van der Waals surface area (Å²) < 4.78 is 10.3. The van der Waals surface area contributed by atoms with E-state index in [-0.39, 0.29) is 5.57 Å². The lowest BCUT2D eigenvalue weighted by atomic mass is 9.64. The Morgan fingerprint density at radius 1 is 0.857 bits per heavy atom. The lowest BCUT2D eigenvalue weighted by Gasteiger charge is -2.36. The van der Waals surface area contributed by atoms with E-state index in [9.17, 15) is 9.59 Å². The Morgan fingerprint density at radius 3 is 2.10 bits per heavy atom. The maximum atomic E-state index is 13.4. The van der Waals surface area contributed by atoms with E-state index in [2.05, 4.69) is 41.7 Å². The van der Waals surface area contributed by atoms with Crippen molar-refractivity contribution < 1.29 is 19.1 Å². The molecule has 2 N–H and O–H groups in total. The number of carbonyl (C=O) groups is 2. The minimum absolute atomic E-state index is 0.208. The minimum Gasteiger partial charge on any atom is -0.469 e. The van der Waals surface area contributed by atoms with Crippen LogP contribution in [-0.4, -0.2) is 46.1 Å². The quantitative estimate of drug-likeness (QED) is 0.364. The first-order valence-electron chi connectivity index (χ1n) is 13.7. The molecule has 42 heavy (non-hydrogen) atoms. The second-order valence-electron chi connectivity index (χ2n) is 11.1. The summed E-state index contributed by atoms with van der Waals surface area (Å²) in [7, 11) is 2.62. The van der Waals surface area contributed by atoms with Crippen molar-refractivity contribution in [1.29, 1.82) is 0 Å². The third-order valence-corrected chi connectivity index (χ3v) is 8.59. The van der Waals surface area contributed by atoms with Crippen molar-refractivity contribution >= 4 is 50.7 Å². The SMILES string of the molecule is C=CC1=C(C)c2cc3[nH]c(cc3C)cc3cc(C)c(cc4nc(cc1n2)C1(C)C4=CC=C(C(=O)OC)C1C(=O)OC)[nH]3. The van der Waals surface area contributed by atoms with Gasteiger partial charge in [0, 0.05) is 27.6 Å². The molecule has 8 bridgehead atoms. The number of aromatic nitrogens is 4. The van der Waals surface area contributed by atoms with Crippen molar-refractivity contribution in [2.75, 3.05) is 14.2 Å². The van der Waals surface area contributed by atoms with Crippen LogP contribution in [0.4, 0.5) is 0 Å². The molecule has 3 aromatic heterocycles. The maximum Gasteiger partial charge on any atom is 0.334 e. The van der Waals surface area contributed by atoms with Crippen molar-refractivity contribution in [3.05, 3.63) is 101 Å². The number of allylic oxidation sites excluding steroid dienone is 6. The molecule has 3 aliphatic rings. The van der Waals surface area contributed by atoms with Gasteiger partial charge in [-0.25, -0.2) is 9.78 Å². The average Bonchev–Trinajstić information content (AvgIpc) is 3.66. The number of nitrogens with zero attached hydrogens (tertiary/aromatic N) is 2. The molecule has 6 rings (SSSR count). The molecule has 1 aliphatic carbocycles. The fraction of sp³-hybridized carbons (Fsp3) is 0.235. The van der Waals surface area contributed by atoms with Gasteiger partial charge in [0.05, 0.1) is 48.0 Å². The first kappa shape index (κ1) is 27.2. The van der Waals surface area contributed by atoms with Crippen LogP contribution in [-0.2, 0) is 24.5 Å². The van der Waals surface area contributed by atoms with Gasteiger partial charge in [-0.05, 0) is 86.4 Å². The number of nitrogens with one attached hydrogen (secondary N) is 2. The number of esters is 2. The Kier molecular flexibility index (Phi) is 6.37. The Hall–Kier alpha value is -4.98. The largest absolute Gasteiger partial charge is 0.469 e. The molecule has 3 aromatic rings. The highest BCUT2D eigenvalue weighted by molar-refractivity contribution is 6.02. The summed E-state index contributed by atoms with van der Waals surface area (Å²) >= 11 is 0. The Labute approximate surface area is 243 Å². The molecule has 2 unspecified atom stereocenters. The van der Waals surface area contributed by atoms with Crippen molar-refractivity contribution in [1.82, 2.24) is 19.9 Å². The molecular formula is C34H32N4O4. The molecule has 0 saturated carbocycles. The number of aryl methyl sites for hydroxylation is 2. The number of hydrogen-bond acceptors (Lipinski definition) is 6. The van der Waals surface area contributed by atoms with Crippen LogP contribution in [0.5, 0.6) is 0 Å². The van der Waals surface area contributed by atoms with E-state index < -0.39 is 23.3 Å². The van der Waals surface area contributed by atoms with E-state index >= 15 is 0 Å². The zero-order chi connectivity index (χ0) is 29.9. The normalized spacial score (nSPS) is 19.5. The zero-order valence-electron chi connectivity index (χ0n) is 24.5. The summed E-state index contributed by atoms with van der Waals surface area (Å²) in [5.74, 6) is -2.13. The molecular weight excluding hydrogens is 528 g/mol. The van der Waals surface area contributed by atoms with Crippen LogP contribution >= 0.6 is 0 Å². The van der Waals surface area contributed by atoms with Gasteiger partial charge in [-0.15, -0.1) is 0 Å². The van der Waals surface area contributed by atoms with Crippen LogP contribution in [0.1, 0.15) is 47.8 Å². The maximum absolute atomic E-state index is 13.4. The van der Waals surface area contributed by atoms with Gasteiger partial charge in [0.15, 0.2) is 0 Å². The van der Waals surface area contributed by atoms with E-state index in [0.29, 0.717) is 17.1 Å². The number of ether oxygens (including phenoxy) is 2. The van der Waals surface area contributed by atoms with Crippen molar-refractivity contribution in [3.63, 3.8) is 0 Å². The molecule has 0 radical (unpaired) electrons. The molecule has 8 heteroatoms. The molecule has 5 heterocycles. The van der Waals surface area contributed by atoms with Crippen LogP contribution in [0.25, 0.3) is 38.8 Å². The minimum atomic E-state index is -1.04. The monoisotopic (exact) mass is 560 g/mol. The van der Waals surface area contributed by atoms with Crippen molar-refractivity contribution in [2.45, 2.75) is 33.1 Å². The van der Waals surface area contributed by atoms with Crippen molar-refractivity contribution in [3.8, 4) is 0 Å². The predicted molar refractivity (Wildman–Crippen MR) is 164 cm³/mol. The van der Waals surface area contributed by atoms with Crippen LogP contribution < -0.4 is 0 Å². The molecule has 0 aromatic carbocycles. The van der Waals surface area contributed by atoms with Crippen molar-refractivity contribution in [2.24, 2.45) is 5.92 Å². The molecule has 0 spiro atoms. The zero-order valence-corrected chi connectivity index (χ0v) is 24.5. The Bertz CT molecular complexity index is 1970. The number of H-pyrrole nitrogens is 2. The van der Waals surface area contributed by atoms with E-state index in [1.807, 2.05) is 45.0 Å². The number of rotatable bonds is 3. The van der Waals surface area contributed by atoms with Crippen LogP contribution in [0.15, 0.2) is 66.8 Å². The lowest BCUT2D eigenvalue weighted by molar-refractivity contribution is -0.149. The van der Waals surface area contributed by atoms with Gasteiger partial charge in [0.25, 0.3) is 0 Å². The van der Waals surface area contributed by atoms with Gasteiger partial charge in [-0.3, -0.25) is 9.78 Å². The first-order chi connectivity index (χ1) is 20.1. The highest BCUT2D eigenvalue weighted by atomic mass is 16.5. The van der Waals surface area contributed by atoms with E-state index in [1.54, 1.807) is 12.2 Å². The van der Waals surface area contributed by atoms with Gasteiger partial charge in [0.2, 0.25) is 0 Å². The number of carbonyl (C=O) groups excluding carboxylic acids is 2. The van der Waals surface area contributed by atoms with Crippen LogP contribution in [0, 0.1) is 19.8 Å². The molecule has 0 fully saturated rings. The summed E-state index contributed by atoms with van der Waals surface area (Å²) in [4.78, 5) is 43.5. The van der Waals surface area contributed by atoms with Crippen LogP contribution in [0.3, 0.4) is 0 Å². The highest BCUT2D eigenvalue weighted by Crippen LogP contribution is 2.52. The Morgan fingerprint density at radius 2 is 1.50 bits per heavy atom. The van der Waals surface area contributed by atoms with Gasteiger partial charge in [-0.1, -0.05) is 24.8 Å². The smallest absolute Gasteiger partial charge is 0.334 e. The number of aromatic amines is 2. The lowest BCUT2D eigenvalue weighted by Crippen LogP contribution is -2.42. The second-order valence-corrected chi connectivity index (χ2v) is 11.1. The molecule has 2 atom stereocenters. The first-order valence-corrected chi connectivity index (χ1v) is 13.7. The van der Waals surface area contributed by atoms with E-state index in [0.717, 1.165) is 55.6 Å². The van der Waals surface area contributed by atoms with E-state index in [4.69, 9.17) is 19.4 Å². The molecule has 0 amide bonds. The highest BCUT2D eigenvalue weighted by Gasteiger charge is 2.53. The van der Waals surface area contributed by atoms with Gasteiger partial charge < -0.3 is 19.4 Å². The second kappa shape index (κ2) is 9.83. The van der Waals surface area contributed by atoms with Gasteiger partial charge in [-0.2, -0.15) is 0 Å². The fourth-order valence-electron chi connectivity index (χ4n) is 6.27. The molecule has 2 aliphatic heterocycles. The topological polar surface area (TPSA) is 110 Å². The summed E-state index contributed by atoms with van der Waals surface area (Å²) in [6, 6.07) is 12.2. The predicted octanol–water partition coefficient (Wildman–Crippen LogP) is 6.29. The van der Waals surface area contributed by atoms with E-state index in [1.165, 1.54) is 14.2 Å². The summed E-state index contributed by atoms with van der Waals surface area (Å²) in [5.41, 5.74) is 10.4. The Balaban J connectivity index is 1.77. The number of methoxy groups -OCH3 is 2. The van der Waals surface area contributed by atoms with Crippen LogP contribution in [0.2, 0.25) is 0 Å². The third kappa shape index (κ3) is 4.05. The molecule has 8 nitrogen and oxygen atoms in total. The molecule has 212 valence electrons. The average molecular weight is 561 g/mol. The number of fused-ring (bicyclic) bond motifs is 11. The summed E-state index contributed by atoms with van der Waals surface area (Å²) in [5, 5.41) is 0. The van der Waals surface area contributed by atoms with Gasteiger partial charge in [0.1, 0.15) is 5.92 Å². The molecule has 0 saturated heterocycles. The third-order valence-electron chi connectivity index (χ3n) is 8.59. The fourth-order valence-corrected chi connectivity index (χ4v) is 6.27. The number of hydrogen-bond donors (Lipinski definition) is 2.